The third-order valence-corrected chi connectivity index (χ3v) is 6.81. The minimum absolute atomic E-state index is 0.0385. The summed E-state index contributed by atoms with van der Waals surface area (Å²) in [5, 5.41) is 2.91. The molecule has 7 nitrogen and oxygen atoms in total. The van der Waals surface area contributed by atoms with Crippen LogP contribution >= 0.6 is 27.5 Å². The molecule has 0 bridgehead atoms. The molecule has 0 spiro atoms. The first-order valence-electron chi connectivity index (χ1n) is 9.82. The molecule has 0 radical (unpaired) electrons. The maximum absolute atomic E-state index is 12.7. The van der Waals surface area contributed by atoms with Crippen LogP contribution in [0.4, 0.5) is 5.69 Å². The Balaban J connectivity index is 1.60. The van der Waals surface area contributed by atoms with Crippen LogP contribution in [0.1, 0.15) is 18.5 Å². The molecule has 0 heterocycles. The second kappa shape index (κ2) is 10.9. The number of anilines is 1. The fourth-order valence-corrected chi connectivity index (χ4v) is 4.73. The van der Waals surface area contributed by atoms with Gasteiger partial charge in [-0.05, 0) is 67.1 Å². The predicted octanol–water partition coefficient (Wildman–Crippen LogP) is 5.17. The number of amides is 1. The fourth-order valence-electron chi connectivity index (χ4n) is 2.92. The molecule has 0 aliphatic rings. The molecule has 1 atom stereocenters. The summed E-state index contributed by atoms with van der Waals surface area (Å²) < 4.78 is 39.3. The van der Waals surface area contributed by atoms with E-state index in [1.54, 1.807) is 24.3 Å². The third kappa shape index (κ3) is 6.86. The smallest absolute Gasteiger partial charge is 0.261 e. The minimum atomic E-state index is -3.87. The van der Waals surface area contributed by atoms with Gasteiger partial charge in [-0.2, -0.15) is 0 Å². The maximum atomic E-state index is 12.7. The highest BCUT2D eigenvalue weighted by Crippen LogP contribution is 2.28. The van der Waals surface area contributed by atoms with E-state index in [1.165, 1.54) is 25.3 Å². The summed E-state index contributed by atoms with van der Waals surface area (Å²) in [5.74, 6) is 0.472. The fraction of sp³-hybridized carbons (Fsp3) is 0.174. The quantitative estimate of drug-likeness (QED) is 0.381. The van der Waals surface area contributed by atoms with Crippen LogP contribution in [-0.4, -0.2) is 28.0 Å². The topological polar surface area (TPSA) is 93.7 Å². The van der Waals surface area contributed by atoms with Gasteiger partial charge in [0.1, 0.15) is 11.5 Å². The number of methoxy groups -OCH3 is 1. The van der Waals surface area contributed by atoms with Gasteiger partial charge in [0, 0.05) is 10.2 Å². The van der Waals surface area contributed by atoms with Crippen molar-refractivity contribution in [2.75, 3.05) is 18.4 Å². The highest BCUT2D eigenvalue weighted by molar-refractivity contribution is 9.10. The van der Waals surface area contributed by atoms with E-state index in [4.69, 9.17) is 21.1 Å². The van der Waals surface area contributed by atoms with E-state index in [0.717, 1.165) is 10.0 Å². The number of hydrogen-bond donors (Lipinski definition) is 2. The molecule has 3 aromatic carbocycles. The average Bonchev–Trinajstić information content (AvgIpc) is 2.78. The molecule has 2 N–H and O–H groups in total. The van der Waals surface area contributed by atoms with Gasteiger partial charge in [-0.3, -0.25) is 9.52 Å². The molecule has 3 rings (SSSR count). The Kier molecular flexibility index (Phi) is 8.23. The van der Waals surface area contributed by atoms with Crippen molar-refractivity contribution in [3.63, 3.8) is 0 Å². The summed E-state index contributed by atoms with van der Waals surface area (Å²) in [4.78, 5) is 12.2. The Morgan fingerprint density at radius 2 is 1.82 bits per heavy atom. The number of nitrogens with one attached hydrogen (secondary N) is 2. The van der Waals surface area contributed by atoms with Gasteiger partial charge in [0.15, 0.2) is 6.61 Å². The minimum Gasteiger partial charge on any atom is -0.497 e. The molecule has 0 aromatic heterocycles. The van der Waals surface area contributed by atoms with Crippen molar-refractivity contribution >= 4 is 49.1 Å². The van der Waals surface area contributed by atoms with Gasteiger partial charge in [0.25, 0.3) is 15.9 Å². The standard InChI is InChI=1S/C23H22BrClN2O5S/c1-15(16-4-3-5-17(24)12-16)26-23(28)14-32-22-11-10-20(13-21(22)25)33(29,30)27-18-6-8-19(31-2)9-7-18/h3-13,15,27H,14H2,1-2H3,(H,26,28)/t15-/m0/s1. The Bertz CT molecular complexity index is 1240. The second-order valence-electron chi connectivity index (χ2n) is 7.06. The van der Waals surface area contributed by atoms with Crippen LogP contribution in [-0.2, 0) is 14.8 Å². The number of rotatable bonds is 9. The first kappa shape index (κ1) is 24.9. The molecule has 0 fully saturated rings. The van der Waals surface area contributed by atoms with Gasteiger partial charge in [-0.25, -0.2) is 8.42 Å². The molecule has 0 aliphatic heterocycles. The molecule has 0 saturated carbocycles. The third-order valence-electron chi connectivity index (χ3n) is 4.64. The molecule has 0 unspecified atom stereocenters. The SMILES string of the molecule is COc1ccc(NS(=O)(=O)c2ccc(OCC(=O)N[C@@H](C)c3cccc(Br)c3)c(Cl)c2)cc1. The van der Waals surface area contributed by atoms with Gasteiger partial charge in [-0.1, -0.05) is 39.7 Å². The van der Waals surface area contributed by atoms with Gasteiger partial charge < -0.3 is 14.8 Å². The normalized spacial score (nSPS) is 12.0. The zero-order chi connectivity index (χ0) is 24.0. The van der Waals surface area contributed by atoms with E-state index < -0.39 is 10.0 Å². The summed E-state index contributed by atoms with van der Waals surface area (Å²) in [5.41, 5.74) is 1.32. The molecule has 33 heavy (non-hydrogen) atoms. The van der Waals surface area contributed by atoms with Crippen molar-refractivity contribution in [3.05, 3.63) is 81.8 Å². The summed E-state index contributed by atoms with van der Waals surface area (Å²) in [6.45, 7) is 1.59. The largest absolute Gasteiger partial charge is 0.497 e. The van der Waals surface area contributed by atoms with Crippen molar-refractivity contribution in [1.82, 2.24) is 5.32 Å². The van der Waals surface area contributed by atoms with Crippen LogP contribution in [0.5, 0.6) is 11.5 Å². The van der Waals surface area contributed by atoms with E-state index in [2.05, 4.69) is 26.0 Å². The van der Waals surface area contributed by atoms with Crippen molar-refractivity contribution in [2.45, 2.75) is 17.9 Å². The van der Waals surface area contributed by atoms with Crippen LogP contribution in [0.3, 0.4) is 0 Å². The maximum Gasteiger partial charge on any atom is 0.261 e. The molecular weight excluding hydrogens is 532 g/mol. The van der Waals surface area contributed by atoms with Crippen molar-refractivity contribution in [1.29, 1.82) is 0 Å². The molecule has 0 aliphatic carbocycles. The highest BCUT2D eigenvalue weighted by Gasteiger charge is 2.17. The number of sulfonamides is 1. The Morgan fingerprint density at radius 1 is 1.09 bits per heavy atom. The first-order valence-corrected chi connectivity index (χ1v) is 12.5. The molecular formula is C23H22BrClN2O5S. The molecule has 0 saturated heterocycles. The number of ether oxygens (including phenoxy) is 2. The summed E-state index contributed by atoms with van der Waals surface area (Å²) in [6, 6.07) is 17.9. The molecule has 1 amide bonds. The van der Waals surface area contributed by atoms with Crippen LogP contribution in [0.15, 0.2) is 76.1 Å². The first-order chi connectivity index (χ1) is 15.7. The molecule has 174 valence electrons. The number of benzene rings is 3. The van der Waals surface area contributed by atoms with E-state index in [9.17, 15) is 13.2 Å². The summed E-state index contributed by atoms with van der Waals surface area (Å²) in [7, 11) is -2.34. The van der Waals surface area contributed by atoms with E-state index in [1.807, 2.05) is 31.2 Å². The molecule has 3 aromatic rings. The van der Waals surface area contributed by atoms with Crippen molar-refractivity contribution in [2.24, 2.45) is 0 Å². The van der Waals surface area contributed by atoms with E-state index in [0.29, 0.717) is 11.4 Å². The Labute approximate surface area is 206 Å². The average molecular weight is 554 g/mol. The van der Waals surface area contributed by atoms with Crippen LogP contribution in [0, 0.1) is 0 Å². The monoisotopic (exact) mass is 552 g/mol. The Hall–Kier alpha value is -2.75. The van der Waals surface area contributed by atoms with Crippen LogP contribution < -0.4 is 19.5 Å². The lowest BCUT2D eigenvalue weighted by Crippen LogP contribution is -2.31. The number of hydrogen-bond acceptors (Lipinski definition) is 5. The van der Waals surface area contributed by atoms with Gasteiger partial charge >= 0.3 is 0 Å². The van der Waals surface area contributed by atoms with Gasteiger partial charge in [0.2, 0.25) is 0 Å². The van der Waals surface area contributed by atoms with E-state index in [-0.39, 0.29) is 34.2 Å². The van der Waals surface area contributed by atoms with Crippen LogP contribution in [0.2, 0.25) is 5.02 Å². The highest BCUT2D eigenvalue weighted by atomic mass is 79.9. The lowest BCUT2D eigenvalue weighted by Gasteiger charge is -2.15. The Morgan fingerprint density at radius 3 is 2.45 bits per heavy atom. The summed E-state index contributed by atoms with van der Waals surface area (Å²) in [6.07, 6.45) is 0. The number of carbonyl (C=O) groups is 1. The predicted molar refractivity (Wildman–Crippen MR) is 131 cm³/mol. The second-order valence-corrected chi connectivity index (χ2v) is 10.1. The van der Waals surface area contributed by atoms with Crippen LogP contribution in [0.25, 0.3) is 0 Å². The lowest BCUT2D eigenvalue weighted by molar-refractivity contribution is -0.123. The molecule has 10 heteroatoms. The zero-order valence-electron chi connectivity index (χ0n) is 17.8. The number of halogens is 2. The van der Waals surface area contributed by atoms with E-state index >= 15 is 0 Å². The van der Waals surface area contributed by atoms with Crippen molar-refractivity contribution < 1.29 is 22.7 Å². The zero-order valence-corrected chi connectivity index (χ0v) is 21.0. The number of carbonyl (C=O) groups excluding carboxylic acids is 1. The van der Waals surface area contributed by atoms with Gasteiger partial charge in [-0.15, -0.1) is 0 Å². The summed E-state index contributed by atoms with van der Waals surface area (Å²) >= 11 is 9.62. The van der Waals surface area contributed by atoms with Gasteiger partial charge in [0.05, 0.1) is 23.1 Å². The lowest BCUT2D eigenvalue weighted by atomic mass is 10.1. The van der Waals surface area contributed by atoms with Crippen molar-refractivity contribution in [3.8, 4) is 11.5 Å².